The van der Waals surface area contributed by atoms with Crippen LogP contribution in [0.25, 0.3) is 0 Å². The van der Waals surface area contributed by atoms with Gasteiger partial charge in [0, 0.05) is 5.88 Å². The summed E-state index contributed by atoms with van der Waals surface area (Å²) in [5.74, 6) is 1.26. The van der Waals surface area contributed by atoms with E-state index in [1.165, 1.54) is 22.3 Å². The highest BCUT2D eigenvalue weighted by molar-refractivity contribution is 6.18. The first-order chi connectivity index (χ1) is 7.75. The lowest BCUT2D eigenvalue weighted by atomic mass is 9.77. The molecule has 1 aromatic carbocycles. The molecule has 1 heteroatoms. The van der Waals surface area contributed by atoms with E-state index in [1.54, 1.807) is 0 Å². The van der Waals surface area contributed by atoms with Crippen molar-refractivity contribution in [2.75, 3.05) is 5.88 Å². The highest BCUT2D eigenvalue weighted by atomic mass is 35.5. The third kappa shape index (κ3) is 3.74. The van der Waals surface area contributed by atoms with Crippen molar-refractivity contribution in [1.29, 1.82) is 0 Å². The number of rotatable bonds is 3. The molecule has 0 aromatic heterocycles. The number of aryl methyl sites for hydroxylation is 3. The van der Waals surface area contributed by atoms with Gasteiger partial charge in [0.2, 0.25) is 0 Å². The zero-order valence-corrected chi connectivity index (χ0v) is 12.8. The van der Waals surface area contributed by atoms with Crippen molar-refractivity contribution in [1.82, 2.24) is 0 Å². The van der Waals surface area contributed by atoms with E-state index in [0.29, 0.717) is 5.92 Å². The molecule has 1 rings (SSSR count). The van der Waals surface area contributed by atoms with Crippen molar-refractivity contribution < 1.29 is 0 Å². The molecule has 0 aliphatic heterocycles. The predicted molar refractivity (Wildman–Crippen MR) is 78.0 cm³/mol. The fourth-order valence-corrected chi connectivity index (χ4v) is 2.94. The summed E-state index contributed by atoms with van der Waals surface area (Å²) in [4.78, 5) is 0. The quantitative estimate of drug-likeness (QED) is 0.660. The lowest BCUT2D eigenvalue weighted by molar-refractivity contribution is 0.263. The predicted octanol–water partition coefficient (Wildman–Crippen LogP) is 5.06. The van der Waals surface area contributed by atoms with E-state index in [1.807, 2.05) is 0 Å². The van der Waals surface area contributed by atoms with Gasteiger partial charge in [0.05, 0.1) is 0 Å². The molecule has 0 saturated carbocycles. The van der Waals surface area contributed by atoms with E-state index >= 15 is 0 Å². The molecule has 0 radical (unpaired) electrons. The van der Waals surface area contributed by atoms with Gasteiger partial charge in [-0.3, -0.25) is 0 Å². The summed E-state index contributed by atoms with van der Waals surface area (Å²) in [7, 11) is 0. The highest BCUT2D eigenvalue weighted by Gasteiger charge is 2.24. The van der Waals surface area contributed by atoms with Crippen molar-refractivity contribution >= 4 is 11.6 Å². The molecule has 0 fully saturated rings. The average Bonchev–Trinajstić information content (AvgIpc) is 2.14. The van der Waals surface area contributed by atoms with Crippen LogP contribution in [0.2, 0.25) is 0 Å². The summed E-state index contributed by atoms with van der Waals surface area (Å²) in [6.07, 6.45) is 1.09. The van der Waals surface area contributed by atoms with E-state index in [4.69, 9.17) is 11.6 Å². The monoisotopic (exact) mass is 252 g/mol. The molecule has 1 atom stereocenters. The summed E-state index contributed by atoms with van der Waals surface area (Å²) < 4.78 is 0. The van der Waals surface area contributed by atoms with Crippen LogP contribution in [0.4, 0.5) is 0 Å². The van der Waals surface area contributed by atoms with Crippen molar-refractivity contribution in [3.8, 4) is 0 Å². The second-order valence-electron chi connectivity index (χ2n) is 6.30. The van der Waals surface area contributed by atoms with Crippen LogP contribution in [-0.4, -0.2) is 5.88 Å². The smallest absolute Gasteiger partial charge is 0.0259 e. The Morgan fingerprint density at radius 3 is 1.88 bits per heavy atom. The van der Waals surface area contributed by atoms with Crippen LogP contribution in [0.5, 0.6) is 0 Å². The van der Waals surface area contributed by atoms with E-state index in [-0.39, 0.29) is 5.41 Å². The maximum absolute atomic E-state index is 6.14. The normalized spacial score (nSPS) is 13.8. The van der Waals surface area contributed by atoms with Crippen molar-refractivity contribution in [2.24, 2.45) is 11.3 Å². The van der Waals surface area contributed by atoms with Gasteiger partial charge >= 0.3 is 0 Å². The van der Waals surface area contributed by atoms with E-state index in [2.05, 4.69) is 53.7 Å². The lowest BCUT2D eigenvalue weighted by Gasteiger charge is -2.30. The molecule has 96 valence electrons. The van der Waals surface area contributed by atoms with Gasteiger partial charge in [-0.25, -0.2) is 0 Å². The first kappa shape index (κ1) is 14.6. The van der Waals surface area contributed by atoms with Crippen molar-refractivity contribution in [3.05, 3.63) is 34.4 Å². The van der Waals surface area contributed by atoms with Crippen LogP contribution in [0.15, 0.2) is 12.1 Å². The van der Waals surface area contributed by atoms with Crippen molar-refractivity contribution in [2.45, 2.75) is 48.0 Å². The summed E-state index contributed by atoms with van der Waals surface area (Å²) in [5, 5.41) is 0. The Hall–Kier alpha value is -0.490. The molecule has 0 nitrogen and oxygen atoms in total. The van der Waals surface area contributed by atoms with Crippen LogP contribution >= 0.6 is 11.6 Å². The molecular formula is C16H25Cl. The Bertz CT molecular complexity index is 362. The zero-order valence-electron chi connectivity index (χ0n) is 12.0. The number of halogens is 1. The molecule has 1 unspecified atom stereocenters. The van der Waals surface area contributed by atoms with E-state index < -0.39 is 0 Å². The second-order valence-corrected chi connectivity index (χ2v) is 6.61. The van der Waals surface area contributed by atoms with Crippen molar-refractivity contribution in [3.63, 3.8) is 0 Å². The molecule has 0 saturated heterocycles. The van der Waals surface area contributed by atoms with Gasteiger partial charge in [0.1, 0.15) is 0 Å². The molecule has 0 amide bonds. The molecule has 0 aliphatic carbocycles. The first-order valence-electron chi connectivity index (χ1n) is 6.38. The number of hydrogen-bond donors (Lipinski definition) is 0. The fraction of sp³-hybridized carbons (Fsp3) is 0.625. The van der Waals surface area contributed by atoms with E-state index in [9.17, 15) is 0 Å². The first-order valence-corrected chi connectivity index (χ1v) is 6.92. The number of alkyl halides is 1. The summed E-state index contributed by atoms with van der Waals surface area (Å²) in [6, 6.07) is 4.55. The molecule has 0 N–H and O–H groups in total. The second kappa shape index (κ2) is 5.44. The maximum Gasteiger partial charge on any atom is 0.0259 e. The van der Waals surface area contributed by atoms with Gasteiger partial charge in [-0.1, -0.05) is 38.5 Å². The lowest BCUT2D eigenvalue weighted by Crippen LogP contribution is -2.24. The molecule has 0 heterocycles. The zero-order chi connectivity index (χ0) is 13.2. The van der Waals surface area contributed by atoms with Crippen LogP contribution in [0.1, 0.15) is 43.0 Å². The molecule has 17 heavy (non-hydrogen) atoms. The molecule has 0 bridgehead atoms. The SMILES string of the molecule is Cc1cc(C)c(CC(CCl)C(C)(C)C)c(C)c1. The molecule has 0 spiro atoms. The minimum atomic E-state index is 0.269. The largest absolute Gasteiger partial charge is 0.126 e. The Labute approximate surface area is 111 Å². The highest BCUT2D eigenvalue weighted by Crippen LogP contribution is 2.32. The summed E-state index contributed by atoms with van der Waals surface area (Å²) in [5.41, 5.74) is 5.91. The Morgan fingerprint density at radius 2 is 1.53 bits per heavy atom. The third-order valence-corrected chi connectivity index (χ3v) is 4.07. The summed E-state index contributed by atoms with van der Waals surface area (Å²) >= 11 is 6.14. The van der Waals surface area contributed by atoms with Gasteiger partial charge in [0.25, 0.3) is 0 Å². The van der Waals surface area contributed by atoms with Crippen LogP contribution in [-0.2, 0) is 6.42 Å². The van der Waals surface area contributed by atoms with Crippen LogP contribution < -0.4 is 0 Å². The number of hydrogen-bond acceptors (Lipinski definition) is 0. The Balaban J connectivity index is 3.02. The topological polar surface area (TPSA) is 0 Å². The summed E-state index contributed by atoms with van der Waals surface area (Å²) in [6.45, 7) is 13.4. The third-order valence-electron chi connectivity index (χ3n) is 3.70. The van der Waals surface area contributed by atoms with Crippen LogP contribution in [0, 0.1) is 32.1 Å². The van der Waals surface area contributed by atoms with Gasteiger partial charge in [0.15, 0.2) is 0 Å². The molecular weight excluding hydrogens is 228 g/mol. The van der Waals surface area contributed by atoms with Gasteiger partial charge < -0.3 is 0 Å². The maximum atomic E-state index is 6.14. The minimum absolute atomic E-state index is 0.269. The minimum Gasteiger partial charge on any atom is -0.126 e. The van der Waals surface area contributed by atoms with Gasteiger partial charge in [-0.15, -0.1) is 11.6 Å². The van der Waals surface area contributed by atoms with Gasteiger partial charge in [-0.2, -0.15) is 0 Å². The molecule has 1 aromatic rings. The standard InChI is InChI=1S/C16H25Cl/c1-11-7-12(2)15(13(3)8-11)9-14(10-17)16(4,5)6/h7-8,14H,9-10H2,1-6H3. The number of benzene rings is 1. The Kier molecular flexibility index (Phi) is 4.66. The van der Waals surface area contributed by atoms with Gasteiger partial charge in [-0.05, 0) is 55.2 Å². The van der Waals surface area contributed by atoms with E-state index in [0.717, 1.165) is 12.3 Å². The fourth-order valence-electron chi connectivity index (χ4n) is 2.37. The Morgan fingerprint density at radius 1 is 1.06 bits per heavy atom. The average molecular weight is 253 g/mol. The molecule has 0 aliphatic rings. The van der Waals surface area contributed by atoms with Crippen LogP contribution in [0.3, 0.4) is 0 Å².